The Kier molecular flexibility index (Phi) is 18.8. The third kappa shape index (κ3) is 12.6. The van der Waals surface area contributed by atoms with Crippen LogP contribution in [0.15, 0.2) is 0 Å². The second-order valence-electron chi connectivity index (χ2n) is 5.66. The average Bonchev–Trinajstić information content (AvgIpc) is 2.98. The lowest BCUT2D eigenvalue weighted by molar-refractivity contribution is -0.139. The number of imide groups is 1. The van der Waals surface area contributed by atoms with Gasteiger partial charge in [0.05, 0.1) is 19.8 Å². The standard InChI is InChI=1S/C16H26N2O6.2C2H6/c1-3-13-10-15(21)18(16(13)22)6-4-14(20)17-5-7-23-8-9-24-11-12(2)19;2*1-2/h13H,3-11H2,1-2H3,(H,17,20);2*1-2H3. The molecule has 1 aliphatic rings. The SMILES string of the molecule is CC.CC.CCC1CC(=O)N(CCC(=O)NCCOCCOCC(C)=O)C1=O. The van der Waals surface area contributed by atoms with Crippen molar-refractivity contribution < 1.29 is 28.7 Å². The van der Waals surface area contributed by atoms with E-state index in [2.05, 4.69) is 5.32 Å². The van der Waals surface area contributed by atoms with Crippen molar-refractivity contribution >= 4 is 23.5 Å². The fraction of sp³-hybridized carbons (Fsp3) is 0.800. The van der Waals surface area contributed by atoms with E-state index < -0.39 is 0 Å². The molecule has 0 aliphatic carbocycles. The molecule has 0 bridgehead atoms. The van der Waals surface area contributed by atoms with Gasteiger partial charge in [-0.3, -0.25) is 24.1 Å². The van der Waals surface area contributed by atoms with E-state index in [1.54, 1.807) is 0 Å². The second kappa shape index (κ2) is 18.6. The monoisotopic (exact) mass is 402 g/mol. The van der Waals surface area contributed by atoms with Gasteiger partial charge < -0.3 is 14.8 Å². The number of amides is 3. The zero-order chi connectivity index (χ0) is 21.9. The maximum atomic E-state index is 11.9. The molecular formula is C20H38N2O6. The normalized spacial score (nSPS) is 15.4. The minimum atomic E-state index is -0.237. The number of carbonyl (C=O) groups is 4. The minimum absolute atomic E-state index is 0.0394. The van der Waals surface area contributed by atoms with Gasteiger partial charge in [-0.1, -0.05) is 34.6 Å². The molecule has 0 saturated carbocycles. The van der Waals surface area contributed by atoms with Gasteiger partial charge in [0.25, 0.3) is 0 Å². The summed E-state index contributed by atoms with van der Waals surface area (Å²) >= 11 is 0. The first-order valence-electron chi connectivity index (χ1n) is 10.2. The summed E-state index contributed by atoms with van der Waals surface area (Å²) < 4.78 is 10.3. The van der Waals surface area contributed by atoms with E-state index >= 15 is 0 Å². The van der Waals surface area contributed by atoms with Gasteiger partial charge in [-0.05, 0) is 13.3 Å². The van der Waals surface area contributed by atoms with Crippen LogP contribution in [-0.4, -0.2) is 67.9 Å². The van der Waals surface area contributed by atoms with Crippen LogP contribution in [0.3, 0.4) is 0 Å². The van der Waals surface area contributed by atoms with Crippen molar-refractivity contribution in [3.05, 3.63) is 0 Å². The van der Waals surface area contributed by atoms with E-state index in [1.165, 1.54) is 11.8 Å². The van der Waals surface area contributed by atoms with Crippen LogP contribution in [0.4, 0.5) is 0 Å². The first-order chi connectivity index (χ1) is 13.5. The Morgan fingerprint density at radius 1 is 1.07 bits per heavy atom. The largest absolute Gasteiger partial charge is 0.377 e. The van der Waals surface area contributed by atoms with Crippen LogP contribution >= 0.6 is 0 Å². The molecule has 0 aromatic rings. The first-order valence-corrected chi connectivity index (χ1v) is 10.2. The van der Waals surface area contributed by atoms with Gasteiger partial charge in [0.15, 0.2) is 5.78 Å². The molecule has 0 radical (unpaired) electrons. The number of nitrogens with zero attached hydrogens (tertiary/aromatic N) is 1. The van der Waals surface area contributed by atoms with Crippen LogP contribution in [0.1, 0.15) is 60.8 Å². The maximum absolute atomic E-state index is 11.9. The lowest BCUT2D eigenvalue weighted by Gasteiger charge is -2.14. The topological polar surface area (TPSA) is 102 Å². The molecule has 3 amide bonds. The van der Waals surface area contributed by atoms with Crippen molar-refractivity contribution in [2.45, 2.75) is 60.8 Å². The molecule has 0 aromatic heterocycles. The van der Waals surface area contributed by atoms with Crippen LogP contribution in [-0.2, 0) is 28.7 Å². The number of ketones is 1. The van der Waals surface area contributed by atoms with Gasteiger partial charge in [-0.25, -0.2) is 0 Å². The molecule has 8 nitrogen and oxygen atoms in total. The summed E-state index contributed by atoms with van der Waals surface area (Å²) in [6.07, 6.45) is 0.979. The predicted octanol–water partition coefficient (Wildman–Crippen LogP) is 1.95. The maximum Gasteiger partial charge on any atom is 0.232 e. The zero-order valence-corrected chi connectivity index (χ0v) is 18.3. The van der Waals surface area contributed by atoms with E-state index in [0.717, 1.165) is 0 Å². The Hall–Kier alpha value is -1.80. The van der Waals surface area contributed by atoms with Gasteiger partial charge in [0.2, 0.25) is 17.7 Å². The molecule has 1 N–H and O–H groups in total. The van der Waals surface area contributed by atoms with E-state index in [-0.39, 0.29) is 55.4 Å². The fourth-order valence-corrected chi connectivity index (χ4v) is 2.31. The highest BCUT2D eigenvalue weighted by Gasteiger charge is 2.36. The molecule has 1 rings (SSSR count). The van der Waals surface area contributed by atoms with Gasteiger partial charge in [-0.15, -0.1) is 0 Å². The van der Waals surface area contributed by atoms with Crippen molar-refractivity contribution in [1.82, 2.24) is 10.2 Å². The molecule has 1 fully saturated rings. The number of nitrogens with one attached hydrogen (secondary N) is 1. The first kappa shape index (κ1) is 28.4. The van der Waals surface area contributed by atoms with Gasteiger partial charge >= 0.3 is 0 Å². The molecule has 0 spiro atoms. The summed E-state index contributed by atoms with van der Waals surface area (Å²) in [5.41, 5.74) is 0. The van der Waals surface area contributed by atoms with E-state index in [9.17, 15) is 19.2 Å². The molecule has 8 heteroatoms. The highest BCUT2D eigenvalue weighted by molar-refractivity contribution is 6.03. The highest BCUT2D eigenvalue weighted by Crippen LogP contribution is 2.22. The summed E-state index contributed by atoms with van der Waals surface area (Å²) in [6.45, 7) is 12.9. The van der Waals surface area contributed by atoms with Gasteiger partial charge in [0, 0.05) is 31.8 Å². The van der Waals surface area contributed by atoms with Crippen molar-refractivity contribution in [2.24, 2.45) is 5.92 Å². The highest BCUT2D eigenvalue weighted by atomic mass is 16.5. The number of carbonyl (C=O) groups excluding carboxylic acids is 4. The summed E-state index contributed by atoms with van der Waals surface area (Å²) in [4.78, 5) is 47.1. The molecule has 164 valence electrons. The smallest absolute Gasteiger partial charge is 0.232 e. The third-order valence-corrected chi connectivity index (χ3v) is 3.64. The van der Waals surface area contributed by atoms with Crippen LogP contribution in [0, 0.1) is 5.92 Å². The van der Waals surface area contributed by atoms with Crippen molar-refractivity contribution in [3.8, 4) is 0 Å². The molecule has 1 unspecified atom stereocenters. The average molecular weight is 403 g/mol. The quantitative estimate of drug-likeness (QED) is 0.395. The Morgan fingerprint density at radius 2 is 1.68 bits per heavy atom. The van der Waals surface area contributed by atoms with Crippen molar-refractivity contribution in [1.29, 1.82) is 0 Å². The summed E-state index contributed by atoms with van der Waals surface area (Å²) in [5.74, 6) is -0.883. The number of rotatable bonds is 12. The Labute approximate surface area is 169 Å². The number of likely N-dealkylation sites (tertiary alicyclic amines) is 1. The Bertz CT molecular complexity index is 468. The summed E-state index contributed by atoms with van der Waals surface area (Å²) in [5, 5.41) is 2.66. The van der Waals surface area contributed by atoms with Crippen LogP contribution < -0.4 is 5.32 Å². The molecule has 1 aliphatic heterocycles. The molecule has 0 aromatic carbocycles. The van der Waals surface area contributed by atoms with Crippen LogP contribution in [0.5, 0.6) is 0 Å². The number of Topliss-reactive ketones (excluding diaryl/α,β-unsaturated/α-hetero) is 1. The van der Waals surface area contributed by atoms with Crippen molar-refractivity contribution in [2.75, 3.05) is 39.5 Å². The van der Waals surface area contributed by atoms with E-state index in [0.29, 0.717) is 32.8 Å². The summed E-state index contributed by atoms with van der Waals surface area (Å²) in [7, 11) is 0. The Morgan fingerprint density at radius 3 is 2.21 bits per heavy atom. The lowest BCUT2D eigenvalue weighted by Crippen LogP contribution is -2.36. The van der Waals surface area contributed by atoms with Crippen LogP contribution in [0.2, 0.25) is 0 Å². The molecule has 28 heavy (non-hydrogen) atoms. The zero-order valence-electron chi connectivity index (χ0n) is 18.3. The molecular weight excluding hydrogens is 364 g/mol. The third-order valence-electron chi connectivity index (χ3n) is 3.64. The van der Waals surface area contributed by atoms with Crippen LogP contribution in [0.25, 0.3) is 0 Å². The van der Waals surface area contributed by atoms with Gasteiger partial charge in [-0.2, -0.15) is 0 Å². The minimum Gasteiger partial charge on any atom is -0.377 e. The number of hydrogen-bond donors (Lipinski definition) is 1. The molecule has 1 saturated heterocycles. The van der Waals surface area contributed by atoms with E-state index in [4.69, 9.17) is 9.47 Å². The summed E-state index contributed by atoms with van der Waals surface area (Å²) in [6, 6.07) is 0. The lowest BCUT2D eigenvalue weighted by atomic mass is 10.1. The van der Waals surface area contributed by atoms with E-state index in [1.807, 2.05) is 34.6 Å². The second-order valence-corrected chi connectivity index (χ2v) is 5.66. The van der Waals surface area contributed by atoms with Crippen molar-refractivity contribution in [3.63, 3.8) is 0 Å². The predicted molar refractivity (Wildman–Crippen MR) is 108 cm³/mol. The number of ether oxygens (including phenoxy) is 2. The van der Waals surface area contributed by atoms with Gasteiger partial charge in [0.1, 0.15) is 6.61 Å². The molecule has 1 heterocycles. The molecule has 1 atom stereocenters. The Balaban J connectivity index is 0. The fourth-order valence-electron chi connectivity index (χ4n) is 2.31. The number of hydrogen-bond acceptors (Lipinski definition) is 6.